The molecule has 1 aromatic heterocycles. The summed E-state index contributed by atoms with van der Waals surface area (Å²) in [5.74, 6) is -3.24. The lowest BCUT2D eigenvalue weighted by molar-refractivity contribution is -0.136. The Morgan fingerprint density at radius 2 is 1.71 bits per heavy atom. The van der Waals surface area contributed by atoms with Crippen LogP contribution in [0.3, 0.4) is 0 Å². The van der Waals surface area contributed by atoms with E-state index in [0.29, 0.717) is 11.3 Å². The average Bonchev–Trinajstić information content (AvgIpc) is 3.23. The van der Waals surface area contributed by atoms with E-state index in [9.17, 15) is 22.8 Å². The zero-order chi connectivity index (χ0) is 22.3. The highest BCUT2D eigenvalue weighted by atomic mass is 19.1. The van der Waals surface area contributed by atoms with Gasteiger partial charge in [-0.05, 0) is 38.1 Å². The van der Waals surface area contributed by atoms with Crippen LogP contribution >= 0.6 is 0 Å². The first kappa shape index (κ1) is 20.6. The molecule has 2 heterocycles. The molecule has 0 bridgehead atoms. The summed E-state index contributed by atoms with van der Waals surface area (Å²) in [5, 5.41) is 9.48. The minimum atomic E-state index is -0.859. The fourth-order valence-electron chi connectivity index (χ4n) is 3.79. The molecule has 4 rings (SSSR count). The van der Waals surface area contributed by atoms with Crippen molar-refractivity contribution in [2.45, 2.75) is 32.4 Å². The van der Waals surface area contributed by atoms with E-state index in [1.54, 1.807) is 19.9 Å². The molecule has 0 radical (unpaired) electrons. The lowest BCUT2D eigenvalue weighted by Gasteiger charge is -2.32. The van der Waals surface area contributed by atoms with Gasteiger partial charge in [-0.2, -0.15) is 5.10 Å². The maximum absolute atomic E-state index is 14.0. The number of rotatable bonds is 4. The van der Waals surface area contributed by atoms with E-state index < -0.39 is 41.2 Å². The van der Waals surface area contributed by atoms with Crippen LogP contribution in [-0.4, -0.2) is 26.9 Å². The van der Waals surface area contributed by atoms with Crippen molar-refractivity contribution in [2.24, 2.45) is 0 Å². The van der Waals surface area contributed by atoms with E-state index in [0.717, 1.165) is 12.1 Å². The molecule has 6 nitrogen and oxygen atoms in total. The lowest BCUT2D eigenvalue weighted by Crippen LogP contribution is -2.41. The average molecular weight is 428 g/mol. The Labute approximate surface area is 176 Å². The van der Waals surface area contributed by atoms with Crippen LogP contribution in [0.25, 0.3) is 0 Å². The minimum Gasteiger partial charge on any atom is -0.327 e. The van der Waals surface area contributed by atoms with Crippen molar-refractivity contribution >= 4 is 17.6 Å². The van der Waals surface area contributed by atoms with Gasteiger partial charge >= 0.3 is 0 Å². The SMILES string of the molecule is CC1(C)c2[nH]nc(NC(=O)c3ccccc3F)c2CN1C(=O)Cc1c(F)cccc1F. The normalized spacial score (nSPS) is 14.4. The van der Waals surface area contributed by atoms with Gasteiger partial charge in [0, 0.05) is 11.1 Å². The number of nitrogens with one attached hydrogen (secondary N) is 2. The van der Waals surface area contributed by atoms with Crippen LogP contribution in [0.1, 0.15) is 41.0 Å². The molecular formula is C22H19F3N4O2. The summed E-state index contributed by atoms with van der Waals surface area (Å²) in [6, 6.07) is 8.98. The third-order valence-corrected chi connectivity index (χ3v) is 5.51. The molecule has 0 saturated heterocycles. The van der Waals surface area contributed by atoms with Crippen LogP contribution in [-0.2, 0) is 23.3 Å². The Morgan fingerprint density at radius 1 is 1.06 bits per heavy atom. The highest BCUT2D eigenvalue weighted by Crippen LogP contribution is 2.41. The topological polar surface area (TPSA) is 78.1 Å². The Kier molecular flexibility index (Phi) is 5.04. The smallest absolute Gasteiger partial charge is 0.259 e. The highest BCUT2D eigenvalue weighted by molar-refractivity contribution is 6.04. The second-order valence-electron chi connectivity index (χ2n) is 7.78. The molecule has 3 aromatic rings. The number of aromatic amines is 1. The second kappa shape index (κ2) is 7.57. The number of fused-ring (bicyclic) bond motifs is 1. The number of nitrogens with zero attached hydrogens (tertiary/aromatic N) is 2. The quantitative estimate of drug-likeness (QED) is 0.662. The van der Waals surface area contributed by atoms with E-state index in [-0.39, 0.29) is 23.5 Å². The maximum atomic E-state index is 14.0. The molecule has 2 amide bonds. The van der Waals surface area contributed by atoms with Crippen molar-refractivity contribution in [2.75, 3.05) is 5.32 Å². The first-order valence-corrected chi connectivity index (χ1v) is 9.57. The summed E-state index contributed by atoms with van der Waals surface area (Å²) < 4.78 is 41.9. The Morgan fingerprint density at radius 3 is 2.39 bits per heavy atom. The zero-order valence-electron chi connectivity index (χ0n) is 16.8. The number of hydrogen-bond donors (Lipinski definition) is 2. The Hall–Kier alpha value is -3.62. The van der Waals surface area contributed by atoms with Crippen LogP contribution in [0.5, 0.6) is 0 Å². The van der Waals surface area contributed by atoms with Gasteiger partial charge in [0.05, 0.1) is 29.8 Å². The van der Waals surface area contributed by atoms with Gasteiger partial charge in [-0.25, -0.2) is 13.2 Å². The van der Waals surface area contributed by atoms with Crippen LogP contribution in [0.2, 0.25) is 0 Å². The molecule has 2 aromatic carbocycles. The molecule has 0 fully saturated rings. The van der Waals surface area contributed by atoms with Gasteiger partial charge in [-0.1, -0.05) is 18.2 Å². The van der Waals surface area contributed by atoms with Crippen molar-refractivity contribution < 1.29 is 22.8 Å². The summed E-state index contributed by atoms with van der Waals surface area (Å²) in [7, 11) is 0. The Balaban J connectivity index is 1.57. The second-order valence-corrected chi connectivity index (χ2v) is 7.78. The van der Waals surface area contributed by atoms with Crippen molar-refractivity contribution in [1.82, 2.24) is 15.1 Å². The van der Waals surface area contributed by atoms with E-state index in [2.05, 4.69) is 15.5 Å². The molecule has 1 aliphatic rings. The van der Waals surface area contributed by atoms with Gasteiger partial charge in [0.2, 0.25) is 5.91 Å². The molecule has 0 saturated carbocycles. The van der Waals surface area contributed by atoms with E-state index in [1.165, 1.54) is 29.2 Å². The molecule has 0 atom stereocenters. The fraction of sp³-hybridized carbons (Fsp3) is 0.227. The predicted molar refractivity (Wildman–Crippen MR) is 107 cm³/mol. The molecule has 160 valence electrons. The summed E-state index contributed by atoms with van der Waals surface area (Å²) in [6.45, 7) is 3.59. The first-order valence-electron chi connectivity index (χ1n) is 9.57. The monoisotopic (exact) mass is 428 g/mol. The summed E-state index contributed by atoms with van der Waals surface area (Å²) in [5.41, 5.74) is -0.164. The number of carbonyl (C=O) groups is 2. The fourth-order valence-corrected chi connectivity index (χ4v) is 3.79. The number of benzene rings is 2. The standard InChI is InChI=1S/C22H19F3N4O2/c1-22(2)19-14(11-29(22)18(30)10-13-16(24)8-5-9-17(13)25)20(28-27-19)26-21(31)12-6-3-4-7-15(12)23/h3-9H,10-11H2,1-2H3,(H2,26,27,28,31). The van der Waals surface area contributed by atoms with Crippen LogP contribution in [0.15, 0.2) is 42.5 Å². The molecule has 31 heavy (non-hydrogen) atoms. The lowest BCUT2D eigenvalue weighted by atomic mass is 10.00. The van der Waals surface area contributed by atoms with Gasteiger partial charge in [0.1, 0.15) is 17.5 Å². The molecule has 1 aliphatic heterocycles. The minimum absolute atomic E-state index is 0.0701. The first-order chi connectivity index (χ1) is 14.7. The van der Waals surface area contributed by atoms with E-state index >= 15 is 0 Å². The van der Waals surface area contributed by atoms with Gasteiger partial charge in [0.15, 0.2) is 5.82 Å². The number of aromatic nitrogens is 2. The molecular weight excluding hydrogens is 409 g/mol. The van der Waals surface area contributed by atoms with Crippen molar-refractivity contribution in [3.63, 3.8) is 0 Å². The van der Waals surface area contributed by atoms with Gasteiger partial charge in [0.25, 0.3) is 5.91 Å². The number of amides is 2. The number of anilines is 1. The molecule has 0 unspecified atom stereocenters. The van der Waals surface area contributed by atoms with Crippen LogP contribution in [0.4, 0.5) is 19.0 Å². The van der Waals surface area contributed by atoms with Crippen LogP contribution < -0.4 is 5.32 Å². The third kappa shape index (κ3) is 3.56. The molecule has 9 heteroatoms. The van der Waals surface area contributed by atoms with Crippen molar-refractivity contribution in [3.8, 4) is 0 Å². The molecule has 2 N–H and O–H groups in total. The van der Waals surface area contributed by atoms with E-state index in [4.69, 9.17) is 0 Å². The number of carbonyl (C=O) groups excluding carboxylic acids is 2. The van der Waals surface area contributed by atoms with E-state index in [1.807, 2.05) is 0 Å². The predicted octanol–water partition coefficient (Wildman–Crippen LogP) is 3.90. The summed E-state index contributed by atoms with van der Waals surface area (Å²) >= 11 is 0. The van der Waals surface area contributed by atoms with Gasteiger partial charge in [-0.3, -0.25) is 14.7 Å². The number of halogens is 3. The van der Waals surface area contributed by atoms with Gasteiger partial charge in [-0.15, -0.1) is 0 Å². The highest BCUT2D eigenvalue weighted by Gasteiger charge is 2.44. The zero-order valence-corrected chi connectivity index (χ0v) is 16.8. The molecule has 0 spiro atoms. The van der Waals surface area contributed by atoms with Gasteiger partial charge < -0.3 is 10.2 Å². The summed E-state index contributed by atoms with van der Waals surface area (Å²) in [6.07, 6.45) is -0.448. The van der Waals surface area contributed by atoms with Crippen molar-refractivity contribution in [1.29, 1.82) is 0 Å². The Bertz CT molecular complexity index is 1170. The van der Waals surface area contributed by atoms with Crippen molar-refractivity contribution in [3.05, 3.63) is 82.3 Å². The molecule has 0 aliphatic carbocycles. The third-order valence-electron chi connectivity index (χ3n) is 5.51. The number of hydrogen-bond acceptors (Lipinski definition) is 3. The largest absolute Gasteiger partial charge is 0.327 e. The summed E-state index contributed by atoms with van der Waals surface area (Å²) in [4.78, 5) is 26.8. The van der Waals surface area contributed by atoms with Crippen LogP contribution in [0, 0.1) is 17.5 Å². The number of H-pyrrole nitrogens is 1. The maximum Gasteiger partial charge on any atom is 0.259 e.